The van der Waals surface area contributed by atoms with E-state index in [-0.39, 0.29) is 0 Å². The van der Waals surface area contributed by atoms with Crippen molar-refractivity contribution in [1.29, 1.82) is 0 Å². The van der Waals surface area contributed by atoms with Crippen LogP contribution in [0.4, 0.5) is 5.82 Å². The first kappa shape index (κ1) is 18.2. The second-order valence-corrected chi connectivity index (χ2v) is 7.56. The van der Waals surface area contributed by atoms with Gasteiger partial charge in [-0.2, -0.15) is 5.10 Å². The summed E-state index contributed by atoms with van der Waals surface area (Å²) < 4.78 is 1.86. The van der Waals surface area contributed by atoms with Crippen molar-refractivity contribution in [3.05, 3.63) is 41.3 Å². The molecular weight excluding hydrogens is 358 g/mol. The Balaban J connectivity index is 1.92. The highest BCUT2D eigenvalue weighted by Crippen LogP contribution is 2.34. The summed E-state index contributed by atoms with van der Waals surface area (Å²) in [6.45, 7) is 6.14. The SMILES string of the molecule is CCN(CC)c1nc(C2CCCCC2)nc2c1cnn2-c1ccccc1Cl. The summed E-state index contributed by atoms with van der Waals surface area (Å²) in [7, 11) is 0. The van der Waals surface area contributed by atoms with Gasteiger partial charge in [0.1, 0.15) is 11.6 Å². The molecule has 27 heavy (non-hydrogen) atoms. The highest BCUT2D eigenvalue weighted by molar-refractivity contribution is 6.32. The van der Waals surface area contributed by atoms with Gasteiger partial charge in [-0.15, -0.1) is 0 Å². The van der Waals surface area contributed by atoms with Crippen molar-refractivity contribution in [2.24, 2.45) is 0 Å². The van der Waals surface area contributed by atoms with E-state index >= 15 is 0 Å². The molecule has 1 saturated carbocycles. The number of hydrogen-bond donors (Lipinski definition) is 0. The number of para-hydroxylation sites is 1. The van der Waals surface area contributed by atoms with E-state index in [4.69, 9.17) is 21.6 Å². The zero-order chi connectivity index (χ0) is 18.8. The van der Waals surface area contributed by atoms with Gasteiger partial charge >= 0.3 is 0 Å². The standard InChI is InChI=1S/C21H26ClN5/c1-3-26(4-2)20-16-14-23-27(18-13-9-8-12-17(18)22)21(16)25-19(24-20)15-10-6-5-7-11-15/h8-9,12-15H,3-7,10-11H2,1-2H3. The van der Waals surface area contributed by atoms with Crippen LogP contribution < -0.4 is 4.90 Å². The first-order chi connectivity index (χ1) is 13.2. The third kappa shape index (κ3) is 3.41. The second kappa shape index (κ2) is 7.85. The molecule has 3 aromatic rings. The van der Waals surface area contributed by atoms with Crippen molar-refractivity contribution >= 4 is 28.5 Å². The van der Waals surface area contributed by atoms with E-state index in [0.717, 1.165) is 41.5 Å². The van der Waals surface area contributed by atoms with Gasteiger partial charge in [0, 0.05) is 19.0 Å². The van der Waals surface area contributed by atoms with Crippen LogP contribution in [0.2, 0.25) is 5.02 Å². The van der Waals surface area contributed by atoms with Gasteiger partial charge in [-0.3, -0.25) is 0 Å². The van der Waals surface area contributed by atoms with Crippen molar-refractivity contribution in [2.45, 2.75) is 51.9 Å². The molecule has 0 N–H and O–H groups in total. The van der Waals surface area contributed by atoms with Crippen molar-refractivity contribution < 1.29 is 0 Å². The van der Waals surface area contributed by atoms with E-state index in [2.05, 4.69) is 23.8 Å². The molecule has 0 saturated heterocycles. The Bertz CT molecular complexity index is 925. The van der Waals surface area contributed by atoms with Crippen molar-refractivity contribution in [1.82, 2.24) is 19.7 Å². The maximum Gasteiger partial charge on any atom is 0.168 e. The molecule has 0 unspecified atom stereocenters. The quantitative estimate of drug-likeness (QED) is 0.594. The lowest BCUT2D eigenvalue weighted by Gasteiger charge is -2.24. The van der Waals surface area contributed by atoms with Crippen LogP contribution in [-0.4, -0.2) is 32.8 Å². The Labute approximate surface area is 165 Å². The lowest BCUT2D eigenvalue weighted by molar-refractivity contribution is 0.429. The molecule has 1 aromatic carbocycles. The van der Waals surface area contributed by atoms with Gasteiger partial charge in [0.15, 0.2) is 5.65 Å². The fourth-order valence-electron chi connectivity index (χ4n) is 4.02. The van der Waals surface area contributed by atoms with E-state index < -0.39 is 0 Å². The first-order valence-corrected chi connectivity index (χ1v) is 10.4. The van der Waals surface area contributed by atoms with Crippen LogP contribution in [0, 0.1) is 0 Å². The van der Waals surface area contributed by atoms with Crippen molar-refractivity contribution in [2.75, 3.05) is 18.0 Å². The number of hydrogen-bond acceptors (Lipinski definition) is 4. The van der Waals surface area contributed by atoms with E-state index in [9.17, 15) is 0 Å². The molecule has 142 valence electrons. The lowest BCUT2D eigenvalue weighted by atomic mass is 9.88. The Morgan fingerprint density at radius 1 is 1.07 bits per heavy atom. The Morgan fingerprint density at radius 2 is 1.81 bits per heavy atom. The summed E-state index contributed by atoms with van der Waals surface area (Å²) in [5.41, 5.74) is 1.70. The van der Waals surface area contributed by atoms with E-state index in [1.165, 1.54) is 32.1 Å². The highest BCUT2D eigenvalue weighted by atomic mass is 35.5. The molecule has 0 bridgehead atoms. The van der Waals surface area contributed by atoms with Crippen molar-refractivity contribution in [3.63, 3.8) is 0 Å². The number of benzene rings is 1. The van der Waals surface area contributed by atoms with Crippen LogP contribution in [-0.2, 0) is 0 Å². The summed E-state index contributed by atoms with van der Waals surface area (Å²) in [6, 6.07) is 7.78. The molecule has 2 aromatic heterocycles. The monoisotopic (exact) mass is 383 g/mol. The minimum absolute atomic E-state index is 0.437. The van der Waals surface area contributed by atoms with Gasteiger partial charge in [0.05, 0.1) is 22.3 Å². The van der Waals surface area contributed by atoms with Crippen LogP contribution in [0.5, 0.6) is 0 Å². The normalized spacial score (nSPS) is 15.4. The molecule has 4 rings (SSSR count). The molecule has 2 heterocycles. The molecular formula is C21H26ClN5. The smallest absolute Gasteiger partial charge is 0.168 e. The molecule has 1 fully saturated rings. The number of aromatic nitrogens is 4. The van der Waals surface area contributed by atoms with E-state index in [1.807, 2.05) is 35.1 Å². The van der Waals surface area contributed by atoms with Gasteiger partial charge < -0.3 is 4.90 Å². The molecule has 1 aliphatic rings. The predicted octanol–water partition coefficient (Wildman–Crippen LogP) is 5.36. The zero-order valence-corrected chi connectivity index (χ0v) is 16.8. The number of fused-ring (bicyclic) bond motifs is 1. The average Bonchev–Trinajstić information content (AvgIpc) is 3.14. The molecule has 0 aliphatic heterocycles. The highest BCUT2D eigenvalue weighted by Gasteiger charge is 2.23. The third-order valence-corrected chi connectivity index (χ3v) is 5.86. The molecule has 5 nitrogen and oxygen atoms in total. The summed E-state index contributed by atoms with van der Waals surface area (Å²) in [5.74, 6) is 2.38. The lowest BCUT2D eigenvalue weighted by Crippen LogP contribution is -2.24. The minimum atomic E-state index is 0.437. The second-order valence-electron chi connectivity index (χ2n) is 7.16. The number of nitrogens with zero attached hydrogens (tertiary/aromatic N) is 5. The Hall–Kier alpha value is -2.14. The molecule has 0 amide bonds. The fourth-order valence-corrected chi connectivity index (χ4v) is 4.23. The molecule has 1 aliphatic carbocycles. The molecule has 0 atom stereocenters. The largest absolute Gasteiger partial charge is 0.356 e. The topological polar surface area (TPSA) is 46.8 Å². The van der Waals surface area contributed by atoms with E-state index in [0.29, 0.717) is 10.9 Å². The van der Waals surface area contributed by atoms with Crippen LogP contribution in [0.1, 0.15) is 57.7 Å². The van der Waals surface area contributed by atoms with Gasteiger partial charge in [-0.05, 0) is 38.8 Å². The fraction of sp³-hybridized carbons (Fsp3) is 0.476. The maximum absolute atomic E-state index is 6.45. The summed E-state index contributed by atoms with van der Waals surface area (Å²) >= 11 is 6.45. The van der Waals surface area contributed by atoms with Crippen LogP contribution in [0.15, 0.2) is 30.5 Å². The summed E-state index contributed by atoms with van der Waals surface area (Å²) in [5, 5.41) is 6.28. The Morgan fingerprint density at radius 3 is 2.52 bits per heavy atom. The Kier molecular flexibility index (Phi) is 5.30. The van der Waals surface area contributed by atoms with E-state index in [1.54, 1.807) is 0 Å². The third-order valence-electron chi connectivity index (χ3n) is 5.54. The number of rotatable bonds is 5. The predicted molar refractivity (Wildman–Crippen MR) is 111 cm³/mol. The summed E-state index contributed by atoms with van der Waals surface area (Å²) in [4.78, 5) is 12.3. The molecule has 0 spiro atoms. The van der Waals surface area contributed by atoms with Gasteiger partial charge in [0.2, 0.25) is 0 Å². The number of halogens is 1. The maximum atomic E-state index is 6.45. The summed E-state index contributed by atoms with van der Waals surface area (Å²) in [6.07, 6.45) is 8.05. The van der Waals surface area contributed by atoms with Gasteiger partial charge in [-0.25, -0.2) is 14.6 Å². The van der Waals surface area contributed by atoms with Crippen molar-refractivity contribution in [3.8, 4) is 5.69 Å². The van der Waals surface area contributed by atoms with Gasteiger partial charge in [-0.1, -0.05) is 43.0 Å². The van der Waals surface area contributed by atoms with Gasteiger partial charge in [0.25, 0.3) is 0 Å². The van der Waals surface area contributed by atoms with Crippen LogP contribution in [0.3, 0.4) is 0 Å². The molecule has 0 radical (unpaired) electrons. The first-order valence-electron chi connectivity index (χ1n) is 9.98. The minimum Gasteiger partial charge on any atom is -0.356 e. The zero-order valence-electron chi connectivity index (χ0n) is 16.0. The van der Waals surface area contributed by atoms with Crippen LogP contribution in [0.25, 0.3) is 16.7 Å². The number of anilines is 1. The molecule has 6 heteroatoms. The van der Waals surface area contributed by atoms with Crippen LogP contribution >= 0.6 is 11.6 Å². The average molecular weight is 384 g/mol.